The molecule has 2 nitrogen and oxygen atoms in total. The number of hydrogen-bond acceptors (Lipinski definition) is 2. The van der Waals surface area contributed by atoms with Crippen molar-refractivity contribution in [2.45, 2.75) is 97.5 Å². The lowest BCUT2D eigenvalue weighted by Crippen LogP contribution is -2.50. The minimum absolute atomic E-state index is 0.161. The molecule has 0 aromatic carbocycles. The topological polar surface area (TPSA) is 40.5 Å². The van der Waals surface area contributed by atoms with Gasteiger partial charge in [-0.15, -0.1) is 0 Å². The van der Waals surface area contributed by atoms with Crippen molar-refractivity contribution < 1.29 is 10.2 Å². The Morgan fingerprint density at radius 3 is 2.61 bits per heavy atom. The molecule has 3 aliphatic rings. The van der Waals surface area contributed by atoms with Gasteiger partial charge in [-0.2, -0.15) is 0 Å². The minimum Gasteiger partial charge on any atom is -0.396 e. The van der Waals surface area contributed by atoms with Crippen LogP contribution in [0.1, 0.15) is 91.4 Å². The lowest BCUT2D eigenvalue weighted by molar-refractivity contribution is -0.0825. The van der Waals surface area contributed by atoms with Gasteiger partial charge in [0.15, 0.2) is 0 Å². The molecule has 0 aliphatic heterocycles. The maximum absolute atomic E-state index is 10.5. The Bertz CT molecular complexity index is 567. The molecule has 0 saturated heterocycles. The smallest absolute Gasteiger partial charge is 0.0546 e. The Balaban J connectivity index is 1.80. The van der Waals surface area contributed by atoms with E-state index in [1.165, 1.54) is 44.1 Å². The fourth-order valence-corrected chi connectivity index (χ4v) is 7.14. The third kappa shape index (κ3) is 4.01. The lowest BCUT2D eigenvalue weighted by atomic mass is 9.49. The molecule has 0 amide bonds. The zero-order valence-electron chi connectivity index (χ0n) is 18.6. The highest BCUT2D eigenvalue weighted by atomic mass is 16.3. The average molecular weight is 389 g/mol. The molecule has 0 bridgehead atoms. The molecule has 0 heterocycles. The van der Waals surface area contributed by atoms with Gasteiger partial charge in [-0.3, -0.25) is 0 Å². The fraction of sp³-hybridized carbons (Fsp3) is 0.846. The number of allylic oxidation sites excluding steroid dienone is 3. The van der Waals surface area contributed by atoms with E-state index < -0.39 is 0 Å². The van der Waals surface area contributed by atoms with Crippen LogP contribution in [0.3, 0.4) is 0 Å². The second kappa shape index (κ2) is 9.04. The van der Waals surface area contributed by atoms with Gasteiger partial charge in [-0.1, -0.05) is 57.9 Å². The normalized spacial score (nSPS) is 44.2. The molecule has 28 heavy (non-hydrogen) atoms. The van der Waals surface area contributed by atoms with E-state index >= 15 is 0 Å². The SMILES string of the molecule is C=C1CCC2[C@@H](CO)C([C@@]3(C)CC[C@H](O)C[C@@H]3/C=C/CCCCC)CC[C@@]12C. The summed E-state index contributed by atoms with van der Waals surface area (Å²) < 4.78 is 0. The first-order chi connectivity index (χ1) is 13.4. The van der Waals surface area contributed by atoms with Gasteiger partial charge in [-0.05, 0) is 92.3 Å². The van der Waals surface area contributed by atoms with Crippen molar-refractivity contribution in [2.75, 3.05) is 6.61 Å². The Morgan fingerprint density at radius 1 is 1.11 bits per heavy atom. The fourth-order valence-electron chi connectivity index (χ4n) is 7.14. The Hall–Kier alpha value is -0.600. The molecule has 0 spiro atoms. The maximum atomic E-state index is 10.5. The predicted molar refractivity (Wildman–Crippen MR) is 118 cm³/mol. The first kappa shape index (κ1) is 22.1. The summed E-state index contributed by atoms with van der Waals surface area (Å²) in [6, 6.07) is 0. The summed E-state index contributed by atoms with van der Waals surface area (Å²) in [7, 11) is 0. The van der Waals surface area contributed by atoms with Crippen molar-refractivity contribution in [3.05, 3.63) is 24.3 Å². The summed E-state index contributed by atoms with van der Waals surface area (Å²) >= 11 is 0. The Labute approximate surface area is 173 Å². The van der Waals surface area contributed by atoms with Gasteiger partial charge in [0.05, 0.1) is 6.10 Å². The average Bonchev–Trinajstić information content (AvgIpc) is 2.98. The summed E-state index contributed by atoms with van der Waals surface area (Å²) in [6.07, 6.45) is 17.3. The van der Waals surface area contributed by atoms with E-state index in [1.54, 1.807) is 0 Å². The van der Waals surface area contributed by atoms with E-state index in [2.05, 4.69) is 39.5 Å². The summed E-state index contributed by atoms with van der Waals surface area (Å²) in [4.78, 5) is 0. The number of aliphatic hydroxyl groups is 2. The first-order valence-corrected chi connectivity index (χ1v) is 12.0. The molecule has 160 valence electrons. The number of aliphatic hydroxyl groups excluding tert-OH is 2. The van der Waals surface area contributed by atoms with E-state index in [-0.39, 0.29) is 16.9 Å². The van der Waals surface area contributed by atoms with Crippen LogP contribution in [0.4, 0.5) is 0 Å². The molecular formula is C26H44O2. The van der Waals surface area contributed by atoms with E-state index in [1.807, 2.05) is 0 Å². The standard InChI is InChI=1S/C26H44O2/c1-5-6-7-8-9-10-20-17-21(28)13-15-26(20,4)24-14-16-25(3)19(2)11-12-23(25)22(24)18-27/h9-10,20-24,27-28H,2,5-8,11-18H2,1,3-4H3/b10-9+/t20-,21-,22+,23?,24?,25-,26-/m0/s1. The molecule has 2 heteroatoms. The number of rotatable bonds is 7. The minimum atomic E-state index is -0.161. The molecule has 7 atom stereocenters. The van der Waals surface area contributed by atoms with Crippen molar-refractivity contribution in [2.24, 2.45) is 34.5 Å². The van der Waals surface area contributed by atoms with Crippen molar-refractivity contribution in [1.29, 1.82) is 0 Å². The highest BCUT2D eigenvalue weighted by Crippen LogP contribution is 2.63. The summed E-state index contributed by atoms with van der Waals surface area (Å²) in [6.45, 7) is 11.8. The van der Waals surface area contributed by atoms with E-state index in [4.69, 9.17) is 0 Å². The maximum Gasteiger partial charge on any atom is 0.0546 e. The highest BCUT2D eigenvalue weighted by Gasteiger charge is 2.56. The summed E-state index contributed by atoms with van der Waals surface area (Å²) in [5.74, 6) is 1.96. The molecular weight excluding hydrogens is 344 g/mol. The Morgan fingerprint density at radius 2 is 1.89 bits per heavy atom. The van der Waals surface area contributed by atoms with E-state index in [0.29, 0.717) is 30.3 Å². The van der Waals surface area contributed by atoms with Crippen LogP contribution in [0.2, 0.25) is 0 Å². The molecule has 3 fully saturated rings. The van der Waals surface area contributed by atoms with Crippen LogP contribution in [0, 0.1) is 34.5 Å². The summed E-state index contributed by atoms with van der Waals surface area (Å²) in [5, 5.41) is 20.9. The predicted octanol–water partition coefficient (Wildman–Crippen LogP) is 6.28. The van der Waals surface area contributed by atoms with Crippen LogP contribution >= 0.6 is 0 Å². The lowest BCUT2D eigenvalue weighted by Gasteiger charge is -2.56. The van der Waals surface area contributed by atoms with Gasteiger partial charge in [0.25, 0.3) is 0 Å². The molecule has 2 N–H and O–H groups in total. The monoisotopic (exact) mass is 388 g/mol. The highest BCUT2D eigenvalue weighted by molar-refractivity contribution is 5.21. The molecule has 2 unspecified atom stereocenters. The van der Waals surface area contributed by atoms with Crippen LogP contribution < -0.4 is 0 Å². The van der Waals surface area contributed by atoms with Gasteiger partial charge in [0.1, 0.15) is 0 Å². The van der Waals surface area contributed by atoms with Gasteiger partial charge in [-0.25, -0.2) is 0 Å². The second-order valence-corrected chi connectivity index (χ2v) is 10.6. The van der Waals surface area contributed by atoms with Crippen molar-refractivity contribution in [3.8, 4) is 0 Å². The number of hydrogen-bond donors (Lipinski definition) is 2. The molecule has 0 aromatic heterocycles. The van der Waals surface area contributed by atoms with Crippen molar-refractivity contribution in [3.63, 3.8) is 0 Å². The molecule has 3 rings (SSSR count). The van der Waals surface area contributed by atoms with Gasteiger partial charge in [0.2, 0.25) is 0 Å². The van der Waals surface area contributed by atoms with Gasteiger partial charge in [0, 0.05) is 6.61 Å². The van der Waals surface area contributed by atoms with Crippen LogP contribution in [0.25, 0.3) is 0 Å². The molecule has 0 aromatic rings. The molecule has 3 aliphatic carbocycles. The number of fused-ring (bicyclic) bond motifs is 1. The third-order valence-electron chi connectivity index (χ3n) is 9.18. The van der Waals surface area contributed by atoms with Crippen LogP contribution in [-0.2, 0) is 0 Å². The van der Waals surface area contributed by atoms with Crippen LogP contribution in [0.5, 0.6) is 0 Å². The van der Waals surface area contributed by atoms with Gasteiger partial charge < -0.3 is 10.2 Å². The van der Waals surface area contributed by atoms with Crippen LogP contribution in [0.15, 0.2) is 24.3 Å². The summed E-state index contributed by atoms with van der Waals surface area (Å²) in [5.41, 5.74) is 1.85. The Kier molecular flexibility index (Phi) is 7.14. The van der Waals surface area contributed by atoms with Gasteiger partial charge >= 0.3 is 0 Å². The largest absolute Gasteiger partial charge is 0.396 e. The molecule has 0 radical (unpaired) electrons. The quantitative estimate of drug-likeness (QED) is 0.398. The first-order valence-electron chi connectivity index (χ1n) is 12.0. The zero-order valence-corrected chi connectivity index (χ0v) is 18.6. The van der Waals surface area contributed by atoms with E-state index in [9.17, 15) is 10.2 Å². The van der Waals surface area contributed by atoms with Crippen molar-refractivity contribution >= 4 is 0 Å². The zero-order chi connectivity index (χ0) is 20.4. The van der Waals surface area contributed by atoms with E-state index in [0.717, 1.165) is 32.1 Å². The molecule has 3 saturated carbocycles. The van der Waals surface area contributed by atoms with Crippen molar-refractivity contribution in [1.82, 2.24) is 0 Å². The number of unbranched alkanes of at least 4 members (excludes halogenated alkanes) is 3. The third-order valence-corrected chi connectivity index (χ3v) is 9.18. The van der Waals surface area contributed by atoms with Crippen LogP contribution in [-0.4, -0.2) is 22.9 Å². The second-order valence-electron chi connectivity index (χ2n) is 10.6.